The standard InChI is InChI=1S/C16H20N2O3S2/c1-9-6-12(20-3)13(21-4)7-11(9)18-15(19)8-14-10(2)17-16(22-5)23-14/h6-7H,8H2,1-5H3,(H,18,19). The number of carbonyl (C=O) groups is 1. The number of anilines is 1. The summed E-state index contributed by atoms with van der Waals surface area (Å²) in [5, 5.41) is 2.94. The maximum absolute atomic E-state index is 12.3. The smallest absolute Gasteiger partial charge is 0.229 e. The van der Waals surface area contributed by atoms with Crippen molar-refractivity contribution in [1.29, 1.82) is 0 Å². The SMILES string of the molecule is COc1cc(C)c(NC(=O)Cc2sc(SC)nc2C)cc1OC. The van der Waals surface area contributed by atoms with Gasteiger partial charge in [-0.2, -0.15) is 0 Å². The molecule has 124 valence electrons. The van der Waals surface area contributed by atoms with Gasteiger partial charge in [-0.1, -0.05) is 11.8 Å². The van der Waals surface area contributed by atoms with Gasteiger partial charge in [0.25, 0.3) is 0 Å². The second-order valence-electron chi connectivity index (χ2n) is 4.94. The number of carbonyl (C=O) groups excluding carboxylic acids is 1. The number of nitrogens with one attached hydrogen (secondary N) is 1. The zero-order valence-corrected chi connectivity index (χ0v) is 15.5. The molecule has 0 unspecified atom stereocenters. The number of thioether (sulfide) groups is 1. The molecule has 0 saturated heterocycles. The van der Waals surface area contributed by atoms with Gasteiger partial charge < -0.3 is 14.8 Å². The van der Waals surface area contributed by atoms with Gasteiger partial charge in [0.2, 0.25) is 5.91 Å². The molecule has 1 N–H and O–H groups in total. The number of hydrogen-bond acceptors (Lipinski definition) is 6. The summed E-state index contributed by atoms with van der Waals surface area (Å²) in [6.07, 6.45) is 2.30. The number of rotatable bonds is 6. The van der Waals surface area contributed by atoms with Crippen LogP contribution in [0.1, 0.15) is 16.1 Å². The molecule has 0 aliphatic rings. The fourth-order valence-electron chi connectivity index (χ4n) is 2.11. The second kappa shape index (κ2) is 7.70. The lowest BCUT2D eigenvalue weighted by molar-refractivity contribution is -0.115. The first-order chi connectivity index (χ1) is 11.0. The van der Waals surface area contributed by atoms with Crippen molar-refractivity contribution < 1.29 is 14.3 Å². The van der Waals surface area contributed by atoms with Crippen LogP contribution in [-0.4, -0.2) is 31.4 Å². The highest BCUT2D eigenvalue weighted by Crippen LogP contribution is 2.33. The van der Waals surface area contributed by atoms with E-state index in [1.807, 2.05) is 26.2 Å². The Labute approximate surface area is 144 Å². The molecule has 1 aromatic carbocycles. The van der Waals surface area contributed by atoms with Crippen molar-refractivity contribution in [3.8, 4) is 11.5 Å². The van der Waals surface area contributed by atoms with E-state index >= 15 is 0 Å². The Morgan fingerprint density at radius 2 is 1.91 bits per heavy atom. The lowest BCUT2D eigenvalue weighted by atomic mass is 10.1. The first-order valence-corrected chi connectivity index (χ1v) is 9.05. The van der Waals surface area contributed by atoms with Gasteiger partial charge in [0.15, 0.2) is 11.5 Å². The van der Waals surface area contributed by atoms with Crippen molar-refractivity contribution in [2.75, 3.05) is 25.8 Å². The maximum atomic E-state index is 12.3. The fourth-order valence-corrected chi connectivity index (χ4v) is 3.76. The summed E-state index contributed by atoms with van der Waals surface area (Å²) in [6.45, 7) is 3.85. The number of ether oxygens (including phenoxy) is 2. The Kier molecular flexibility index (Phi) is 5.90. The third kappa shape index (κ3) is 4.17. The first-order valence-electron chi connectivity index (χ1n) is 7.01. The molecule has 0 saturated carbocycles. The highest BCUT2D eigenvalue weighted by Gasteiger charge is 2.14. The molecule has 0 atom stereocenters. The monoisotopic (exact) mass is 352 g/mol. The van der Waals surface area contributed by atoms with Crippen molar-refractivity contribution >= 4 is 34.7 Å². The molecule has 0 spiro atoms. The van der Waals surface area contributed by atoms with Crippen LogP contribution in [0.2, 0.25) is 0 Å². The van der Waals surface area contributed by atoms with Crippen LogP contribution in [0.5, 0.6) is 11.5 Å². The summed E-state index contributed by atoms with van der Waals surface area (Å²) < 4.78 is 11.5. The molecular formula is C16H20N2O3S2. The molecule has 0 fully saturated rings. The van der Waals surface area contributed by atoms with E-state index in [0.717, 1.165) is 26.2 Å². The molecule has 1 amide bonds. The van der Waals surface area contributed by atoms with Gasteiger partial charge in [-0.25, -0.2) is 4.98 Å². The summed E-state index contributed by atoms with van der Waals surface area (Å²) >= 11 is 3.15. The molecule has 23 heavy (non-hydrogen) atoms. The highest BCUT2D eigenvalue weighted by molar-refractivity contribution is 8.00. The summed E-state index contributed by atoms with van der Waals surface area (Å²) in [4.78, 5) is 17.7. The van der Waals surface area contributed by atoms with Gasteiger partial charge >= 0.3 is 0 Å². The Bertz CT molecular complexity index is 714. The second-order valence-corrected chi connectivity index (χ2v) is 7.08. The normalized spacial score (nSPS) is 10.5. The predicted octanol–water partition coefficient (Wildman–Crippen LogP) is 3.68. The largest absolute Gasteiger partial charge is 0.493 e. The van der Waals surface area contributed by atoms with Crippen molar-refractivity contribution in [1.82, 2.24) is 4.98 Å². The molecule has 0 aliphatic heterocycles. The number of amides is 1. The summed E-state index contributed by atoms with van der Waals surface area (Å²) in [6, 6.07) is 3.62. The lowest BCUT2D eigenvalue weighted by Gasteiger charge is -2.13. The van der Waals surface area contributed by atoms with Crippen LogP contribution in [0.25, 0.3) is 0 Å². The number of aromatic nitrogens is 1. The minimum absolute atomic E-state index is 0.0697. The molecule has 0 aliphatic carbocycles. The van der Waals surface area contributed by atoms with E-state index in [4.69, 9.17) is 9.47 Å². The summed E-state index contributed by atoms with van der Waals surface area (Å²) in [5.74, 6) is 1.16. The highest BCUT2D eigenvalue weighted by atomic mass is 32.2. The van der Waals surface area contributed by atoms with Crippen LogP contribution >= 0.6 is 23.1 Å². The van der Waals surface area contributed by atoms with Gasteiger partial charge in [-0.05, 0) is 31.7 Å². The van der Waals surface area contributed by atoms with Crippen LogP contribution in [-0.2, 0) is 11.2 Å². The van der Waals surface area contributed by atoms with E-state index in [1.54, 1.807) is 43.4 Å². The minimum Gasteiger partial charge on any atom is -0.493 e. The Hall–Kier alpha value is -1.73. The van der Waals surface area contributed by atoms with Crippen LogP contribution in [0.3, 0.4) is 0 Å². The number of thiazole rings is 1. The van der Waals surface area contributed by atoms with E-state index in [1.165, 1.54) is 0 Å². The van der Waals surface area contributed by atoms with Crippen molar-refractivity contribution in [3.05, 3.63) is 28.3 Å². The van der Waals surface area contributed by atoms with Crippen molar-refractivity contribution in [2.45, 2.75) is 24.6 Å². The molecule has 7 heteroatoms. The minimum atomic E-state index is -0.0697. The Morgan fingerprint density at radius 1 is 1.26 bits per heavy atom. The van der Waals surface area contributed by atoms with E-state index in [-0.39, 0.29) is 5.91 Å². The predicted molar refractivity (Wildman–Crippen MR) is 95.2 cm³/mol. The van der Waals surface area contributed by atoms with Gasteiger partial charge in [0, 0.05) is 16.6 Å². The third-order valence-electron chi connectivity index (χ3n) is 3.37. The van der Waals surface area contributed by atoms with Crippen LogP contribution in [0.15, 0.2) is 16.5 Å². The number of nitrogens with zero attached hydrogens (tertiary/aromatic N) is 1. The molecular weight excluding hydrogens is 332 g/mol. The average molecular weight is 352 g/mol. The van der Waals surface area contributed by atoms with Crippen molar-refractivity contribution in [3.63, 3.8) is 0 Å². The topological polar surface area (TPSA) is 60.5 Å². The van der Waals surface area contributed by atoms with Gasteiger partial charge in [0.1, 0.15) is 4.34 Å². The third-order valence-corrected chi connectivity index (χ3v) is 5.52. The van der Waals surface area contributed by atoms with E-state index in [0.29, 0.717) is 17.9 Å². The zero-order valence-electron chi connectivity index (χ0n) is 13.9. The molecule has 2 aromatic rings. The summed E-state index contributed by atoms with van der Waals surface area (Å²) in [5.41, 5.74) is 2.56. The van der Waals surface area contributed by atoms with Gasteiger partial charge in [0.05, 0.1) is 26.3 Å². The molecule has 2 rings (SSSR count). The molecule has 0 bridgehead atoms. The molecule has 1 aromatic heterocycles. The molecule has 5 nitrogen and oxygen atoms in total. The average Bonchev–Trinajstić information content (AvgIpc) is 2.88. The van der Waals surface area contributed by atoms with E-state index in [9.17, 15) is 4.79 Å². The molecule has 1 heterocycles. The van der Waals surface area contributed by atoms with Gasteiger partial charge in [-0.3, -0.25) is 4.79 Å². The number of hydrogen-bond donors (Lipinski definition) is 1. The maximum Gasteiger partial charge on any atom is 0.229 e. The van der Waals surface area contributed by atoms with E-state index < -0.39 is 0 Å². The number of benzene rings is 1. The zero-order chi connectivity index (χ0) is 17.0. The Balaban J connectivity index is 2.15. The quantitative estimate of drug-likeness (QED) is 0.804. The first kappa shape index (κ1) is 17.6. The van der Waals surface area contributed by atoms with Crippen LogP contribution in [0, 0.1) is 13.8 Å². The van der Waals surface area contributed by atoms with Crippen molar-refractivity contribution in [2.24, 2.45) is 0 Å². The Morgan fingerprint density at radius 3 is 2.48 bits per heavy atom. The summed E-state index contributed by atoms with van der Waals surface area (Å²) in [7, 11) is 3.16. The van der Waals surface area contributed by atoms with Gasteiger partial charge in [-0.15, -0.1) is 11.3 Å². The number of aryl methyl sites for hydroxylation is 2. The fraction of sp³-hybridized carbons (Fsp3) is 0.375. The van der Waals surface area contributed by atoms with Crippen LogP contribution in [0.4, 0.5) is 5.69 Å². The number of methoxy groups -OCH3 is 2. The van der Waals surface area contributed by atoms with Crippen LogP contribution < -0.4 is 14.8 Å². The lowest BCUT2D eigenvalue weighted by Crippen LogP contribution is -2.15. The van der Waals surface area contributed by atoms with E-state index in [2.05, 4.69) is 10.3 Å². The molecule has 0 radical (unpaired) electrons.